The highest BCUT2D eigenvalue weighted by molar-refractivity contribution is 5.90. The minimum Gasteiger partial charge on any atom is -0.364 e. The van der Waals surface area contributed by atoms with Gasteiger partial charge in [-0.1, -0.05) is 12.1 Å². The quantitative estimate of drug-likeness (QED) is 0.878. The maximum atomic E-state index is 12.4. The molecule has 6 heteroatoms. The lowest BCUT2D eigenvalue weighted by atomic mass is 10.1. The van der Waals surface area contributed by atoms with Crippen LogP contribution >= 0.6 is 0 Å². The predicted molar refractivity (Wildman–Crippen MR) is 87.4 cm³/mol. The number of carbonyl (C=O) groups is 2. The van der Waals surface area contributed by atoms with E-state index < -0.39 is 6.04 Å². The molecule has 2 N–H and O–H groups in total. The molecule has 0 saturated carbocycles. The highest BCUT2D eigenvalue weighted by Gasteiger charge is 2.35. The number of H-pyrrole nitrogens is 1. The van der Waals surface area contributed by atoms with E-state index in [4.69, 9.17) is 5.26 Å². The van der Waals surface area contributed by atoms with Crippen LogP contribution in [0.5, 0.6) is 0 Å². The second kappa shape index (κ2) is 7.01. The second-order valence-electron chi connectivity index (χ2n) is 5.80. The molecule has 2 heterocycles. The molecule has 1 aromatic heterocycles. The molecule has 6 nitrogen and oxygen atoms in total. The molecule has 0 spiro atoms. The van der Waals surface area contributed by atoms with E-state index in [2.05, 4.69) is 16.4 Å². The van der Waals surface area contributed by atoms with Gasteiger partial charge < -0.3 is 15.2 Å². The Morgan fingerprint density at radius 1 is 1.38 bits per heavy atom. The van der Waals surface area contributed by atoms with E-state index in [0.29, 0.717) is 31.5 Å². The lowest BCUT2D eigenvalue weighted by Gasteiger charge is -2.24. The number of nitriles is 1. The molecule has 1 saturated heterocycles. The average Bonchev–Trinajstić information content (AvgIpc) is 3.24. The second-order valence-corrected chi connectivity index (χ2v) is 5.80. The highest BCUT2D eigenvalue weighted by Crippen LogP contribution is 2.22. The molecule has 122 valence electrons. The summed E-state index contributed by atoms with van der Waals surface area (Å²) in [6.07, 6.45) is 2.70. The Balaban J connectivity index is 1.67. The fraction of sp³-hybridized carbons (Fsp3) is 0.278. The van der Waals surface area contributed by atoms with Gasteiger partial charge in [0, 0.05) is 24.9 Å². The van der Waals surface area contributed by atoms with Crippen molar-refractivity contribution in [2.45, 2.75) is 32.0 Å². The first-order chi connectivity index (χ1) is 11.7. The maximum Gasteiger partial charge on any atom is 0.243 e. The Morgan fingerprint density at radius 3 is 3.00 bits per heavy atom. The van der Waals surface area contributed by atoms with Crippen molar-refractivity contribution < 1.29 is 9.59 Å². The number of hydrogen-bond acceptors (Lipinski definition) is 3. The third-order valence-electron chi connectivity index (χ3n) is 4.16. The van der Waals surface area contributed by atoms with Crippen LogP contribution < -0.4 is 5.32 Å². The van der Waals surface area contributed by atoms with E-state index in [1.54, 1.807) is 29.3 Å². The van der Waals surface area contributed by atoms with Crippen LogP contribution in [0.2, 0.25) is 0 Å². The van der Waals surface area contributed by atoms with Crippen molar-refractivity contribution >= 4 is 11.8 Å². The molecule has 1 aliphatic rings. The Hall–Kier alpha value is -3.07. The molecule has 24 heavy (non-hydrogen) atoms. The molecule has 0 bridgehead atoms. The smallest absolute Gasteiger partial charge is 0.243 e. The monoisotopic (exact) mass is 322 g/mol. The summed E-state index contributed by atoms with van der Waals surface area (Å²) < 4.78 is 0. The molecule has 1 atom stereocenters. The predicted octanol–water partition coefficient (Wildman–Crippen LogP) is 1.69. The van der Waals surface area contributed by atoms with E-state index in [1.165, 1.54) is 0 Å². The van der Waals surface area contributed by atoms with Crippen LogP contribution in [0.3, 0.4) is 0 Å². The number of aromatic nitrogens is 1. The third kappa shape index (κ3) is 3.46. The number of nitrogens with one attached hydrogen (secondary N) is 2. The summed E-state index contributed by atoms with van der Waals surface area (Å²) in [5.41, 5.74) is 2.32. The van der Waals surface area contributed by atoms with E-state index in [9.17, 15) is 9.59 Å². The largest absolute Gasteiger partial charge is 0.364 e. The van der Waals surface area contributed by atoms with E-state index in [1.807, 2.05) is 18.2 Å². The molecule has 0 aliphatic carbocycles. The van der Waals surface area contributed by atoms with Gasteiger partial charge in [0.25, 0.3) is 0 Å². The van der Waals surface area contributed by atoms with Crippen LogP contribution in [0, 0.1) is 11.3 Å². The summed E-state index contributed by atoms with van der Waals surface area (Å²) in [4.78, 5) is 29.2. The van der Waals surface area contributed by atoms with Crippen LogP contribution in [0.4, 0.5) is 0 Å². The Morgan fingerprint density at radius 2 is 2.25 bits per heavy atom. The van der Waals surface area contributed by atoms with Crippen molar-refractivity contribution in [2.24, 2.45) is 0 Å². The number of benzene rings is 1. The molecule has 2 aromatic rings. The molecule has 1 aliphatic heterocycles. The van der Waals surface area contributed by atoms with Crippen molar-refractivity contribution in [3.63, 3.8) is 0 Å². The van der Waals surface area contributed by atoms with Gasteiger partial charge in [-0.2, -0.15) is 5.26 Å². The summed E-state index contributed by atoms with van der Waals surface area (Å²) >= 11 is 0. The number of nitrogens with zero attached hydrogens (tertiary/aromatic N) is 2. The first kappa shape index (κ1) is 15.8. The molecular weight excluding hydrogens is 304 g/mol. The molecule has 0 radical (unpaired) electrons. The van der Waals surface area contributed by atoms with Crippen molar-refractivity contribution in [3.05, 3.63) is 59.4 Å². The van der Waals surface area contributed by atoms with Crippen molar-refractivity contribution in [3.8, 4) is 6.07 Å². The fourth-order valence-corrected chi connectivity index (χ4v) is 2.92. The van der Waals surface area contributed by atoms with Gasteiger partial charge in [-0.3, -0.25) is 9.59 Å². The Bertz CT molecular complexity index is 777. The fourth-order valence-electron chi connectivity index (χ4n) is 2.92. The zero-order valence-corrected chi connectivity index (χ0v) is 13.2. The number of amides is 2. The zero-order chi connectivity index (χ0) is 16.9. The normalized spacial score (nSPS) is 16.9. The molecular formula is C18H18N4O2. The summed E-state index contributed by atoms with van der Waals surface area (Å²) in [5, 5.41) is 11.8. The van der Waals surface area contributed by atoms with Crippen molar-refractivity contribution in [1.82, 2.24) is 15.2 Å². The molecule has 1 aromatic carbocycles. The summed E-state index contributed by atoms with van der Waals surface area (Å²) in [5.74, 6) is -0.177. The first-order valence-corrected chi connectivity index (χ1v) is 7.86. The minimum absolute atomic E-state index is 0.0302. The third-order valence-corrected chi connectivity index (χ3v) is 4.16. The number of likely N-dealkylation sites (tertiary alicyclic amines) is 1. The van der Waals surface area contributed by atoms with Crippen molar-refractivity contribution in [2.75, 3.05) is 0 Å². The van der Waals surface area contributed by atoms with Gasteiger partial charge in [-0.25, -0.2) is 0 Å². The van der Waals surface area contributed by atoms with E-state index in [0.717, 1.165) is 11.3 Å². The van der Waals surface area contributed by atoms with Crippen molar-refractivity contribution in [1.29, 1.82) is 5.26 Å². The van der Waals surface area contributed by atoms with Crippen LogP contribution in [-0.2, 0) is 22.7 Å². The van der Waals surface area contributed by atoms with Crippen LogP contribution in [0.25, 0.3) is 0 Å². The molecule has 3 rings (SSSR count). The molecule has 1 unspecified atom stereocenters. The van der Waals surface area contributed by atoms with Gasteiger partial charge in [0.15, 0.2) is 0 Å². The van der Waals surface area contributed by atoms with Gasteiger partial charge in [-0.05, 0) is 36.2 Å². The van der Waals surface area contributed by atoms with Gasteiger partial charge in [-0.15, -0.1) is 0 Å². The Kier molecular flexibility index (Phi) is 4.62. The number of hydrogen-bond donors (Lipinski definition) is 2. The van der Waals surface area contributed by atoms with Gasteiger partial charge >= 0.3 is 0 Å². The van der Waals surface area contributed by atoms with Crippen LogP contribution in [0.15, 0.2) is 42.6 Å². The molecule has 2 amide bonds. The highest BCUT2D eigenvalue weighted by atomic mass is 16.2. The summed E-state index contributed by atoms with van der Waals surface area (Å²) in [6, 6.07) is 12.5. The Labute approximate surface area is 140 Å². The zero-order valence-electron chi connectivity index (χ0n) is 13.2. The SMILES string of the molecule is N#Cc1cccc(CN2C(=O)CCC2C(=O)NCc2ccc[nH]2)c1. The lowest BCUT2D eigenvalue weighted by Crippen LogP contribution is -2.44. The van der Waals surface area contributed by atoms with Crippen LogP contribution in [0.1, 0.15) is 29.7 Å². The van der Waals surface area contributed by atoms with Gasteiger partial charge in [0.2, 0.25) is 11.8 Å². The summed E-state index contributed by atoms with van der Waals surface area (Å²) in [6.45, 7) is 0.753. The summed E-state index contributed by atoms with van der Waals surface area (Å²) in [7, 11) is 0. The lowest BCUT2D eigenvalue weighted by molar-refractivity contribution is -0.135. The minimum atomic E-state index is -0.460. The first-order valence-electron chi connectivity index (χ1n) is 7.86. The number of aromatic amines is 1. The number of carbonyl (C=O) groups excluding carboxylic acids is 2. The number of rotatable bonds is 5. The van der Waals surface area contributed by atoms with E-state index >= 15 is 0 Å². The maximum absolute atomic E-state index is 12.4. The van der Waals surface area contributed by atoms with Gasteiger partial charge in [0.05, 0.1) is 18.2 Å². The van der Waals surface area contributed by atoms with E-state index in [-0.39, 0.29) is 11.8 Å². The standard InChI is InChI=1S/C18H18N4O2/c19-10-13-3-1-4-14(9-13)12-22-16(6-7-17(22)23)18(24)21-11-15-5-2-8-20-15/h1-5,8-9,16,20H,6-7,11-12H2,(H,21,24). The average molecular weight is 322 g/mol. The van der Waals surface area contributed by atoms with Gasteiger partial charge in [0.1, 0.15) is 6.04 Å². The van der Waals surface area contributed by atoms with Crippen LogP contribution in [-0.4, -0.2) is 27.7 Å². The molecule has 1 fully saturated rings. The topological polar surface area (TPSA) is 89.0 Å².